The maximum Gasteiger partial charge on any atom is 0.232 e. The summed E-state index contributed by atoms with van der Waals surface area (Å²) in [5.74, 6) is 1.46. The number of nitrogens with one attached hydrogen (secondary N) is 1. The van der Waals surface area contributed by atoms with Crippen molar-refractivity contribution in [2.45, 2.75) is 12.3 Å². The van der Waals surface area contributed by atoms with Crippen LogP contribution < -0.4 is 5.32 Å². The van der Waals surface area contributed by atoms with Crippen molar-refractivity contribution < 1.29 is 4.52 Å². The molecule has 20 heavy (non-hydrogen) atoms. The van der Waals surface area contributed by atoms with Gasteiger partial charge in [0.15, 0.2) is 0 Å². The second-order valence-electron chi connectivity index (χ2n) is 4.77. The molecular weight excluding hydrogens is 272 g/mol. The van der Waals surface area contributed by atoms with E-state index in [-0.39, 0.29) is 5.92 Å². The van der Waals surface area contributed by atoms with Gasteiger partial charge in [0.25, 0.3) is 0 Å². The summed E-state index contributed by atoms with van der Waals surface area (Å²) in [4.78, 5) is 8.67. The van der Waals surface area contributed by atoms with Crippen molar-refractivity contribution in [2.75, 3.05) is 11.9 Å². The number of fused-ring (bicyclic) bond motifs is 1. The molecule has 1 aliphatic rings. The zero-order valence-corrected chi connectivity index (χ0v) is 11.4. The number of hydrogen-bond acceptors (Lipinski definition) is 6. The van der Waals surface area contributed by atoms with Gasteiger partial charge in [-0.15, -0.1) is 11.3 Å². The Balaban J connectivity index is 1.60. The number of thiazole rings is 1. The molecule has 6 heteroatoms. The molecule has 0 saturated heterocycles. The Morgan fingerprint density at radius 3 is 3.15 bits per heavy atom. The minimum Gasteiger partial charge on any atom is -0.384 e. The smallest absolute Gasteiger partial charge is 0.232 e. The molecule has 1 unspecified atom stereocenters. The van der Waals surface area contributed by atoms with Crippen molar-refractivity contribution in [2.24, 2.45) is 0 Å². The van der Waals surface area contributed by atoms with Gasteiger partial charge >= 0.3 is 0 Å². The van der Waals surface area contributed by atoms with Crippen LogP contribution in [0.15, 0.2) is 39.7 Å². The van der Waals surface area contributed by atoms with Crippen LogP contribution in [0.25, 0.3) is 11.5 Å². The van der Waals surface area contributed by atoms with Crippen molar-refractivity contribution in [1.82, 2.24) is 15.1 Å². The highest BCUT2D eigenvalue weighted by atomic mass is 32.1. The molecule has 0 amide bonds. The highest BCUT2D eigenvalue weighted by Gasteiger charge is 2.25. The van der Waals surface area contributed by atoms with Gasteiger partial charge in [0.1, 0.15) is 5.69 Å². The van der Waals surface area contributed by atoms with E-state index in [0.29, 0.717) is 11.7 Å². The molecule has 1 aliphatic heterocycles. The third-order valence-corrected chi connectivity index (χ3v) is 4.06. The van der Waals surface area contributed by atoms with Gasteiger partial charge in [-0.25, -0.2) is 4.98 Å². The molecule has 5 nitrogen and oxygen atoms in total. The Kier molecular flexibility index (Phi) is 2.74. The Labute approximate surface area is 119 Å². The molecule has 1 aromatic carbocycles. The lowest BCUT2D eigenvalue weighted by Gasteiger charge is -2.23. The first-order chi connectivity index (χ1) is 9.90. The van der Waals surface area contributed by atoms with Gasteiger partial charge in [0.05, 0.1) is 11.4 Å². The van der Waals surface area contributed by atoms with Gasteiger partial charge in [0.2, 0.25) is 11.7 Å². The highest BCUT2D eigenvalue weighted by molar-refractivity contribution is 7.07. The van der Waals surface area contributed by atoms with Crippen LogP contribution >= 0.6 is 11.3 Å². The minimum atomic E-state index is 0.213. The molecule has 3 heterocycles. The van der Waals surface area contributed by atoms with Gasteiger partial charge < -0.3 is 9.84 Å². The van der Waals surface area contributed by atoms with E-state index in [1.54, 1.807) is 5.51 Å². The molecule has 0 bridgehead atoms. The summed E-state index contributed by atoms with van der Waals surface area (Å²) in [6.07, 6.45) is 0.919. The first-order valence-electron chi connectivity index (χ1n) is 6.44. The number of nitrogens with zero attached hydrogens (tertiary/aromatic N) is 3. The summed E-state index contributed by atoms with van der Waals surface area (Å²) in [5.41, 5.74) is 5.03. The van der Waals surface area contributed by atoms with Crippen LogP contribution in [0.3, 0.4) is 0 Å². The van der Waals surface area contributed by atoms with E-state index in [1.165, 1.54) is 22.6 Å². The van der Waals surface area contributed by atoms with Gasteiger partial charge in [-0.2, -0.15) is 4.98 Å². The lowest BCUT2D eigenvalue weighted by Crippen LogP contribution is -2.21. The molecule has 100 valence electrons. The van der Waals surface area contributed by atoms with Crippen molar-refractivity contribution in [3.63, 3.8) is 0 Å². The quantitative estimate of drug-likeness (QED) is 0.784. The van der Waals surface area contributed by atoms with Gasteiger partial charge in [0, 0.05) is 17.6 Å². The second kappa shape index (κ2) is 4.72. The lowest BCUT2D eigenvalue weighted by atomic mass is 9.94. The highest BCUT2D eigenvalue weighted by Crippen LogP contribution is 2.30. The van der Waals surface area contributed by atoms with E-state index in [0.717, 1.165) is 18.7 Å². The molecule has 4 rings (SSSR count). The number of benzene rings is 1. The third kappa shape index (κ3) is 1.98. The average Bonchev–Trinajstić information content (AvgIpc) is 3.17. The number of anilines is 1. The van der Waals surface area contributed by atoms with Crippen molar-refractivity contribution in [1.29, 1.82) is 0 Å². The fourth-order valence-corrected chi connectivity index (χ4v) is 2.97. The Morgan fingerprint density at radius 1 is 1.30 bits per heavy atom. The molecule has 0 fully saturated rings. The van der Waals surface area contributed by atoms with E-state index in [9.17, 15) is 0 Å². The predicted molar refractivity (Wildman–Crippen MR) is 76.8 cm³/mol. The van der Waals surface area contributed by atoms with Crippen LogP contribution in [0.5, 0.6) is 0 Å². The third-order valence-electron chi connectivity index (χ3n) is 3.47. The van der Waals surface area contributed by atoms with Crippen LogP contribution in [0.2, 0.25) is 0 Å². The average molecular weight is 284 g/mol. The van der Waals surface area contributed by atoms with Crippen LogP contribution in [-0.2, 0) is 6.42 Å². The molecule has 3 aromatic rings. The van der Waals surface area contributed by atoms with E-state index < -0.39 is 0 Å². The molecule has 0 spiro atoms. The largest absolute Gasteiger partial charge is 0.384 e. The fourth-order valence-electron chi connectivity index (χ4n) is 2.44. The number of aromatic nitrogens is 3. The van der Waals surface area contributed by atoms with Crippen LogP contribution in [0.1, 0.15) is 17.4 Å². The molecule has 2 aromatic heterocycles. The van der Waals surface area contributed by atoms with Crippen LogP contribution in [0.4, 0.5) is 5.69 Å². The maximum atomic E-state index is 5.41. The van der Waals surface area contributed by atoms with Crippen molar-refractivity contribution in [3.8, 4) is 11.5 Å². The molecule has 1 N–H and O–H groups in total. The molecule has 1 atom stereocenters. The lowest BCUT2D eigenvalue weighted by molar-refractivity contribution is 0.354. The van der Waals surface area contributed by atoms with Crippen molar-refractivity contribution in [3.05, 3.63) is 46.6 Å². The normalized spacial score (nSPS) is 17.5. The van der Waals surface area contributed by atoms with Crippen LogP contribution in [-0.4, -0.2) is 21.7 Å². The van der Waals surface area contributed by atoms with Gasteiger partial charge in [-0.3, -0.25) is 0 Å². The summed E-state index contributed by atoms with van der Waals surface area (Å²) in [5, 5.41) is 9.35. The predicted octanol–water partition coefficient (Wildman–Crippen LogP) is 2.94. The number of hydrogen-bond donors (Lipinski definition) is 1. The van der Waals surface area contributed by atoms with E-state index in [1.807, 2.05) is 11.4 Å². The summed E-state index contributed by atoms with van der Waals surface area (Å²) < 4.78 is 5.41. The second-order valence-corrected chi connectivity index (χ2v) is 5.49. The van der Waals surface area contributed by atoms with Gasteiger partial charge in [-0.05, 0) is 18.1 Å². The van der Waals surface area contributed by atoms with Gasteiger partial charge in [-0.1, -0.05) is 23.4 Å². The van der Waals surface area contributed by atoms with E-state index in [4.69, 9.17) is 4.52 Å². The number of rotatable bonds is 2. The summed E-state index contributed by atoms with van der Waals surface area (Å²) in [7, 11) is 0. The summed E-state index contributed by atoms with van der Waals surface area (Å²) in [6.45, 7) is 0.815. The minimum absolute atomic E-state index is 0.213. The first-order valence-corrected chi connectivity index (χ1v) is 7.38. The first kappa shape index (κ1) is 11.6. The van der Waals surface area contributed by atoms with Crippen molar-refractivity contribution >= 4 is 17.0 Å². The summed E-state index contributed by atoms with van der Waals surface area (Å²) >= 11 is 1.52. The zero-order chi connectivity index (χ0) is 13.4. The SMILES string of the molecule is c1ccc2c(c1)CC(c1nc(-c3cscn3)no1)CN2. The molecule has 0 saturated carbocycles. The molecular formula is C14H12N4OS. The molecule has 0 aliphatic carbocycles. The standard InChI is InChI=1S/C14H12N4OS/c1-2-4-11-9(3-1)5-10(6-15-11)14-17-13(18-19-14)12-7-20-8-16-12/h1-4,7-8,10,15H,5-6H2. The van der Waals surface area contributed by atoms with E-state index in [2.05, 4.69) is 38.6 Å². The topological polar surface area (TPSA) is 63.8 Å². The van der Waals surface area contributed by atoms with E-state index >= 15 is 0 Å². The Morgan fingerprint density at radius 2 is 2.25 bits per heavy atom. The fraction of sp³-hybridized carbons (Fsp3) is 0.214. The monoisotopic (exact) mass is 284 g/mol. The van der Waals surface area contributed by atoms with Crippen LogP contribution in [0, 0.1) is 0 Å². The Bertz CT molecular complexity index is 722. The number of para-hydroxylation sites is 1. The molecule has 0 radical (unpaired) electrons. The Hall–Kier alpha value is -2.21. The maximum absolute atomic E-state index is 5.41. The zero-order valence-electron chi connectivity index (χ0n) is 10.6. The summed E-state index contributed by atoms with van der Waals surface area (Å²) in [6, 6.07) is 8.32.